The van der Waals surface area contributed by atoms with Crippen LogP contribution in [0, 0.1) is 11.7 Å². The summed E-state index contributed by atoms with van der Waals surface area (Å²) in [6.45, 7) is 7.42. The van der Waals surface area contributed by atoms with Crippen LogP contribution in [0.5, 0.6) is 0 Å². The first-order valence-electron chi connectivity index (χ1n) is 8.38. The molecule has 1 fully saturated rings. The Kier molecular flexibility index (Phi) is 6.15. The van der Waals surface area contributed by atoms with E-state index in [4.69, 9.17) is 4.74 Å². The Bertz CT molecular complexity index is 658. The van der Waals surface area contributed by atoms with Crippen LogP contribution in [0.3, 0.4) is 0 Å². The lowest BCUT2D eigenvalue weighted by atomic mass is 9.97. The molecule has 7 heteroatoms. The van der Waals surface area contributed by atoms with Gasteiger partial charge >= 0.3 is 6.09 Å². The second-order valence-electron chi connectivity index (χ2n) is 7.13. The van der Waals surface area contributed by atoms with Crippen molar-refractivity contribution in [2.75, 3.05) is 25.0 Å². The molecule has 0 saturated carbocycles. The molecular weight excluding hydrogens is 325 g/mol. The molecule has 1 saturated heterocycles. The molecule has 1 amide bonds. The van der Waals surface area contributed by atoms with Gasteiger partial charge in [-0.05, 0) is 51.7 Å². The third kappa shape index (κ3) is 5.57. The van der Waals surface area contributed by atoms with Gasteiger partial charge in [0.1, 0.15) is 11.3 Å². The van der Waals surface area contributed by atoms with E-state index in [-0.39, 0.29) is 11.8 Å². The molecule has 2 rings (SSSR count). The molecular formula is C18H24FN3O3. The SMILES string of the molecule is CC(C)(C)OC(=O)N1CCC(CNc2cccc(F)c2N=C=O)CC1. The molecule has 0 radical (unpaired) electrons. The number of hydrogen-bond donors (Lipinski definition) is 1. The Morgan fingerprint density at radius 3 is 2.68 bits per heavy atom. The fraction of sp³-hybridized carbons (Fsp3) is 0.556. The number of hydrogen-bond acceptors (Lipinski definition) is 5. The Morgan fingerprint density at radius 2 is 2.08 bits per heavy atom. The minimum atomic E-state index is -0.562. The lowest BCUT2D eigenvalue weighted by molar-refractivity contribution is 0.0188. The average Bonchev–Trinajstić information content (AvgIpc) is 2.54. The lowest BCUT2D eigenvalue weighted by Gasteiger charge is -2.33. The number of likely N-dealkylation sites (tertiary alicyclic amines) is 1. The van der Waals surface area contributed by atoms with Gasteiger partial charge in [0.05, 0.1) is 5.69 Å². The summed E-state index contributed by atoms with van der Waals surface area (Å²) in [4.78, 5) is 27.6. The van der Waals surface area contributed by atoms with Crippen LogP contribution in [-0.4, -0.2) is 42.3 Å². The number of anilines is 1. The number of rotatable bonds is 4. The number of halogens is 1. The van der Waals surface area contributed by atoms with Crippen molar-refractivity contribution in [1.29, 1.82) is 0 Å². The first kappa shape index (κ1) is 18.9. The van der Waals surface area contributed by atoms with Crippen molar-refractivity contribution in [3.8, 4) is 0 Å². The maximum atomic E-state index is 13.7. The molecule has 0 aromatic heterocycles. The summed E-state index contributed by atoms with van der Waals surface area (Å²) in [6.07, 6.45) is 2.75. The van der Waals surface area contributed by atoms with E-state index in [0.717, 1.165) is 12.8 Å². The molecule has 1 aromatic carbocycles. The van der Waals surface area contributed by atoms with Gasteiger partial charge in [0.2, 0.25) is 6.08 Å². The number of piperidine rings is 1. The molecule has 0 aliphatic carbocycles. The van der Waals surface area contributed by atoms with Crippen molar-refractivity contribution in [1.82, 2.24) is 4.90 Å². The van der Waals surface area contributed by atoms with E-state index in [2.05, 4.69) is 10.3 Å². The topological polar surface area (TPSA) is 71.0 Å². The summed E-state index contributed by atoms with van der Waals surface area (Å²) in [6, 6.07) is 4.49. The van der Waals surface area contributed by atoms with Gasteiger partial charge in [0.25, 0.3) is 0 Å². The molecule has 1 aliphatic heterocycles. The van der Waals surface area contributed by atoms with Gasteiger partial charge in [-0.1, -0.05) is 6.07 Å². The van der Waals surface area contributed by atoms with Crippen molar-refractivity contribution < 1.29 is 18.7 Å². The zero-order valence-electron chi connectivity index (χ0n) is 14.8. The fourth-order valence-corrected chi connectivity index (χ4v) is 2.72. The predicted octanol–water partition coefficient (Wildman–Crippen LogP) is 3.85. The highest BCUT2D eigenvalue weighted by Crippen LogP contribution is 2.28. The maximum Gasteiger partial charge on any atom is 0.410 e. The molecule has 0 unspecified atom stereocenters. The molecule has 1 N–H and O–H groups in total. The number of benzene rings is 1. The molecule has 0 atom stereocenters. The van der Waals surface area contributed by atoms with Gasteiger partial charge in [-0.3, -0.25) is 0 Å². The second kappa shape index (κ2) is 8.12. The molecule has 1 aliphatic rings. The van der Waals surface area contributed by atoms with Crippen LogP contribution in [-0.2, 0) is 9.53 Å². The minimum Gasteiger partial charge on any atom is -0.444 e. The highest BCUT2D eigenvalue weighted by Gasteiger charge is 2.26. The third-order valence-electron chi connectivity index (χ3n) is 3.99. The number of aliphatic imine (C=N–C) groups is 1. The first-order valence-corrected chi connectivity index (χ1v) is 8.38. The molecule has 1 heterocycles. The van der Waals surface area contributed by atoms with Crippen molar-refractivity contribution >= 4 is 23.5 Å². The van der Waals surface area contributed by atoms with Gasteiger partial charge < -0.3 is 15.0 Å². The third-order valence-corrected chi connectivity index (χ3v) is 3.99. The number of nitrogens with zero attached hydrogens (tertiary/aromatic N) is 2. The molecule has 6 nitrogen and oxygen atoms in total. The summed E-state index contributed by atoms with van der Waals surface area (Å²) >= 11 is 0. The van der Waals surface area contributed by atoms with Crippen LogP contribution in [0.1, 0.15) is 33.6 Å². The molecule has 136 valence electrons. The molecule has 25 heavy (non-hydrogen) atoms. The smallest absolute Gasteiger partial charge is 0.410 e. The number of para-hydroxylation sites is 1. The van der Waals surface area contributed by atoms with E-state index in [0.29, 0.717) is 31.2 Å². The van der Waals surface area contributed by atoms with Crippen LogP contribution in [0.15, 0.2) is 23.2 Å². The Labute approximate surface area is 147 Å². The standard InChI is InChI=1S/C18H24FN3O3/c1-18(2,3)25-17(24)22-9-7-13(8-10-22)11-20-15-6-4-5-14(19)16(15)21-12-23/h4-6,13,20H,7-11H2,1-3H3. The van der Waals surface area contributed by atoms with Gasteiger partial charge in [0.15, 0.2) is 5.82 Å². The molecule has 1 aromatic rings. The summed E-state index contributed by atoms with van der Waals surface area (Å²) in [7, 11) is 0. The van der Waals surface area contributed by atoms with Gasteiger partial charge in [-0.2, -0.15) is 4.99 Å². The van der Waals surface area contributed by atoms with Crippen molar-refractivity contribution in [3.63, 3.8) is 0 Å². The van der Waals surface area contributed by atoms with Crippen LogP contribution >= 0.6 is 0 Å². The maximum absolute atomic E-state index is 13.7. The summed E-state index contributed by atoms with van der Waals surface area (Å²) in [5.74, 6) is -0.219. The van der Waals surface area contributed by atoms with E-state index in [1.54, 1.807) is 17.0 Å². The summed E-state index contributed by atoms with van der Waals surface area (Å²) in [5.41, 5.74) is -0.0517. The van der Waals surface area contributed by atoms with Crippen molar-refractivity contribution in [2.24, 2.45) is 10.9 Å². The monoisotopic (exact) mass is 349 g/mol. The fourth-order valence-electron chi connectivity index (χ4n) is 2.72. The van der Waals surface area contributed by atoms with Crippen LogP contribution in [0.4, 0.5) is 20.6 Å². The normalized spacial score (nSPS) is 15.4. The Balaban J connectivity index is 1.86. The largest absolute Gasteiger partial charge is 0.444 e. The van der Waals surface area contributed by atoms with E-state index >= 15 is 0 Å². The number of nitrogens with one attached hydrogen (secondary N) is 1. The number of isocyanates is 1. The van der Waals surface area contributed by atoms with E-state index < -0.39 is 11.4 Å². The lowest BCUT2D eigenvalue weighted by Crippen LogP contribution is -2.42. The summed E-state index contributed by atoms with van der Waals surface area (Å²) < 4.78 is 19.1. The first-order chi connectivity index (χ1) is 11.8. The van der Waals surface area contributed by atoms with Crippen molar-refractivity contribution in [3.05, 3.63) is 24.0 Å². The Hall–Kier alpha value is -2.40. The Morgan fingerprint density at radius 1 is 1.40 bits per heavy atom. The van der Waals surface area contributed by atoms with Crippen LogP contribution in [0.2, 0.25) is 0 Å². The van der Waals surface area contributed by atoms with Crippen LogP contribution < -0.4 is 5.32 Å². The van der Waals surface area contributed by atoms with Crippen LogP contribution in [0.25, 0.3) is 0 Å². The molecule has 0 spiro atoms. The predicted molar refractivity (Wildman–Crippen MR) is 93.2 cm³/mol. The number of amides is 1. The zero-order chi connectivity index (χ0) is 18.4. The number of carbonyl (C=O) groups is 1. The minimum absolute atomic E-state index is 0.0244. The summed E-state index contributed by atoms with van der Waals surface area (Å²) in [5, 5.41) is 3.14. The van der Waals surface area contributed by atoms with E-state index in [1.165, 1.54) is 12.1 Å². The second-order valence-corrected chi connectivity index (χ2v) is 7.13. The van der Waals surface area contributed by atoms with E-state index in [1.807, 2.05) is 20.8 Å². The molecule has 0 bridgehead atoms. The number of carbonyl (C=O) groups excluding carboxylic acids is 2. The quantitative estimate of drug-likeness (QED) is 0.662. The highest BCUT2D eigenvalue weighted by atomic mass is 19.1. The highest BCUT2D eigenvalue weighted by molar-refractivity contribution is 5.69. The van der Waals surface area contributed by atoms with Gasteiger partial charge in [-0.25, -0.2) is 14.0 Å². The van der Waals surface area contributed by atoms with E-state index in [9.17, 15) is 14.0 Å². The number of ether oxygens (including phenoxy) is 1. The van der Waals surface area contributed by atoms with Crippen molar-refractivity contribution in [2.45, 2.75) is 39.2 Å². The average molecular weight is 349 g/mol. The van der Waals surface area contributed by atoms with Gasteiger partial charge in [0, 0.05) is 19.6 Å². The zero-order valence-corrected chi connectivity index (χ0v) is 14.8. The van der Waals surface area contributed by atoms with Gasteiger partial charge in [-0.15, -0.1) is 0 Å².